The van der Waals surface area contributed by atoms with Crippen molar-refractivity contribution in [2.45, 2.75) is 71.9 Å². The Balaban J connectivity index is 1.49. The normalized spacial score (nSPS) is 46.6. The summed E-state index contributed by atoms with van der Waals surface area (Å²) in [5, 5.41) is 0. The van der Waals surface area contributed by atoms with Crippen LogP contribution in [0.5, 0.6) is 0 Å². The molecule has 0 N–H and O–H groups in total. The first-order valence-corrected chi connectivity index (χ1v) is 10.9. The lowest BCUT2D eigenvalue weighted by Gasteiger charge is -2.54. The maximum absolute atomic E-state index is 2.97. The van der Waals surface area contributed by atoms with Crippen molar-refractivity contribution in [1.82, 2.24) is 4.90 Å². The van der Waals surface area contributed by atoms with Gasteiger partial charge in [-0.25, -0.2) is 0 Å². The molecule has 0 amide bonds. The van der Waals surface area contributed by atoms with Crippen LogP contribution in [-0.2, 0) is 0 Å². The van der Waals surface area contributed by atoms with Crippen LogP contribution in [0.3, 0.4) is 0 Å². The summed E-state index contributed by atoms with van der Waals surface area (Å²) in [5.74, 6) is 4.95. The number of rotatable bonds is 2. The standard InChI is InChI=1S/C24H35N/c1-5-15(3)17-6-7-19-18(12-17)8-9-25-22-13-20(22)23-16(4)10-14(2)11-21(23)24(19)25/h6-7,12,14-15,18-22,24H,5,8-11,13H2,1-4H3. The predicted molar refractivity (Wildman–Crippen MR) is 105 cm³/mol. The van der Waals surface area contributed by atoms with Crippen molar-refractivity contribution in [2.75, 3.05) is 6.54 Å². The summed E-state index contributed by atoms with van der Waals surface area (Å²) >= 11 is 0. The number of hydrogen-bond donors (Lipinski definition) is 0. The molecule has 5 aliphatic rings. The summed E-state index contributed by atoms with van der Waals surface area (Å²) in [6.07, 6.45) is 14.7. The van der Waals surface area contributed by atoms with E-state index in [2.05, 4.69) is 50.8 Å². The van der Waals surface area contributed by atoms with Crippen molar-refractivity contribution in [2.24, 2.45) is 35.5 Å². The molecule has 8 unspecified atom stereocenters. The van der Waals surface area contributed by atoms with E-state index in [1.54, 1.807) is 11.1 Å². The summed E-state index contributed by atoms with van der Waals surface area (Å²) in [5.41, 5.74) is 5.31. The van der Waals surface area contributed by atoms with Crippen LogP contribution in [0.1, 0.15) is 59.8 Å². The zero-order valence-electron chi connectivity index (χ0n) is 16.5. The molecule has 2 saturated heterocycles. The van der Waals surface area contributed by atoms with E-state index in [0.717, 1.165) is 47.6 Å². The van der Waals surface area contributed by atoms with Gasteiger partial charge in [-0.2, -0.15) is 0 Å². The second kappa shape index (κ2) is 5.84. The van der Waals surface area contributed by atoms with Crippen molar-refractivity contribution >= 4 is 0 Å². The molecule has 0 aromatic rings. The van der Waals surface area contributed by atoms with Crippen molar-refractivity contribution in [3.05, 3.63) is 34.9 Å². The molecule has 3 fully saturated rings. The molecule has 0 bridgehead atoms. The molecular weight excluding hydrogens is 302 g/mol. The van der Waals surface area contributed by atoms with Gasteiger partial charge in [-0.3, -0.25) is 4.90 Å². The maximum Gasteiger partial charge on any atom is 0.0233 e. The molecule has 25 heavy (non-hydrogen) atoms. The van der Waals surface area contributed by atoms with Gasteiger partial charge in [-0.1, -0.05) is 50.1 Å². The monoisotopic (exact) mass is 337 g/mol. The topological polar surface area (TPSA) is 3.24 Å². The third-order valence-electron chi connectivity index (χ3n) is 8.29. The van der Waals surface area contributed by atoms with Crippen LogP contribution in [0.25, 0.3) is 0 Å². The average Bonchev–Trinajstić information content (AvgIpc) is 3.40. The first-order chi connectivity index (χ1) is 12.1. The SMILES string of the molecule is CCC(C)C1=CC2CCN3C4CC4C4=C(C)CC(C)CC4C3C2C=C1. The minimum atomic E-state index is 0.724. The van der Waals surface area contributed by atoms with Crippen LogP contribution in [0, 0.1) is 35.5 Å². The minimum Gasteiger partial charge on any atom is -0.296 e. The van der Waals surface area contributed by atoms with E-state index in [-0.39, 0.29) is 0 Å². The van der Waals surface area contributed by atoms with E-state index in [1.807, 2.05) is 5.57 Å². The maximum atomic E-state index is 2.97. The number of hydrogen-bond acceptors (Lipinski definition) is 1. The van der Waals surface area contributed by atoms with Crippen molar-refractivity contribution in [3.63, 3.8) is 0 Å². The van der Waals surface area contributed by atoms with Gasteiger partial charge in [0.05, 0.1) is 0 Å². The third-order valence-corrected chi connectivity index (χ3v) is 8.29. The van der Waals surface area contributed by atoms with E-state index < -0.39 is 0 Å². The number of piperidine rings is 2. The molecule has 3 aliphatic carbocycles. The van der Waals surface area contributed by atoms with Crippen LogP contribution in [0.15, 0.2) is 34.9 Å². The lowest BCUT2D eigenvalue weighted by molar-refractivity contribution is 0.0187. The molecule has 0 radical (unpaired) electrons. The molecule has 1 saturated carbocycles. The minimum absolute atomic E-state index is 0.724. The molecular formula is C24H35N. The summed E-state index contributed by atoms with van der Waals surface area (Å²) in [7, 11) is 0. The third kappa shape index (κ3) is 2.45. The molecule has 0 aromatic heterocycles. The van der Waals surface area contributed by atoms with Gasteiger partial charge < -0.3 is 0 Å². The van der Waals surface area contributed by atoms with E-state index >= 15 is 0 Å². The molecule has 2 heterocycles. The summed E-state index contributed by atoms with van der Waals surface area (Å²) in [6, 6.07) is 1.69. The Hall–Kier alpha value is -0.820. The predicted octanol–water partition coefficient (Wildman–Crippen LogP) is 5.60. The number of allylic oxidation sites excluding steroid dienone is 4. The smallest absolute Gasteiger partial charge is 0.0233 e. The highest BCUT2D eigenvalue weighted by molar-refractivity contribution is 5.37. The molecule has 0 spiro atoms. The fourth-order valence-corrected chi connectivity index (χ4v) is 6.94. The molecule has 5 rings (SSSR count). The Bertz CT molecular complexity index is 653. The Morgan fingerprint density at radius 1 is 1.24 bits per heavy atom. The first kappa shape index (κ1) is 16.4. The highest BCUT2D eigenvalue weighted by Crippen LogP contribution is 2.59. The lowest BCUT2D eigenvalue weighted by atomic mass is 9.63. The van der Waals surface area contributed by atoms with Crippen LogP contribution in [0.2, 0.25) is 0 Å². The van der Waals surface area contributed by atoms with Gasteiger partial charge >= 0.3 is 0 Å². The lowest BCUT2D eigenvalue weighted by Crippen LogP contribution is -2.57. The average molecular weight is 338 g/mol. The largest absolute Gasteiger partial charge is 0.296 e. The summed E-state index contributed by atoms with van der Waals surface area (Å²) in [4.78, 5) is 2.97. The summed E-state index contributed by atoms with van der Waals surface area (Å²) < 4.78 is 0. The van der Waals surface area contributed by atoms with Crippen LogP contribution >= 0.6 is 0 Å². The van der Waals surface area contributed by atoms with Gasteiger partial charge in [-0.05, 0) is 86.7 Å². The highest BCUT2D eigenvalue weighted by atomic mass is 15.3. The molecule has 0 aromatic carbocycles. The number of fused-ring (bicyclic) bond motifs is 8. The Morgan fingerprint density at radius 2 is 2.08 bits per heavy atom. The molecule has 8 atom stereocenters. The fraction of sp³-hybridized carbons (Fsp3) is 0.750. The van der Waals surface area contributed by atoms with Gasteiger partial charge in [0, 0.05) is 12.1 Å². The Labute approximate surface area is 154 Å². The van der Waals surface area contributed by atoms with Crippen molar-refractivity contribution in [1.29, 1.82) is 0 Å². The molecule has 136 valence electrons. The molecule has 1 nitrogen and oxygen atoms in total. The second-order valence-electron chi connectivity index (χ2n) is 9.89. The quantitative estimate of drug-likeness (QED) is 0.593. The van der Waals surface area contributed by atoms with Crippen molar-refractivity contribution in [3.8, 4) is 0 Å². The fourth-order valence-electron chi connectivity index (χ4n) is 6.94. The first-order valence-electron chi connectivity index (χ1n) is 10.9. The molecule has 2 aliphatic heterocycles. The zero-order valence-corrected chi connectivity index (χ0v) is 16.5. The van der Waals surface area contributed by atoms with E-state index in [4.69, 9.17) is 0 Å². The summed E-state index contributed by atoms with van der Waals surface area (Å²) in [6.45, 7) is 11.0. The van der Waals surface area contributed by atoms with E-state index in [0.29, 0.717) is 0 Å². The van der Waals surface area contributed by atoms with Gasteiger partial charge in [-0.15, -0.1) is 0 Å². The van der Waals surface area contributed by atoms with E-state index in [1.165, 1.54) is 38.6 Å². The second-order valence-corrected chi connectivity index (χ2v) is 9.89. The van der Waals surface area contributed by atoms with Crippen LogP contribution < -0.4 is 0 Å². The Kier molecular flexibility index (Phi) is 3.82. The highest BCUT2D eigenvalue weighted by Gasteiger charge is 2.59. The van der Waals surface area contributed by atoms with Crippen molar-refractivity contribution < 1.29 is 0 Å². The van der Waals surface area contributed by atoms with Crippen LogP contribution in [0.4, 0.5) is 0 Å². The van der Waals surface area contributed by atoms with Gasteiger partial charge in [0.2, 0.25) is 0 Å². The van der Waals surface area contributed by atoms with Gasteiger partial charge in [0.1, 0.15) is 0 Å². The van der Waals surface area contributed by atoms with Gasteiger partial charge in [0.25, 0.3) is 0 Å². The molecule has 1 heteroatoms. The van der Waals surface area contributed by atoms with Crippen LogP contribution in [-0.4, -0.2) is 23.5 Å². The zero-order chi connectivity index (χ0) is 17.3. The number of nitrogens with zero attached hydrogens (tertiary/aromatic N) is 1. The van der Waals surface area contributed by atoms with Gasteiger partial charge in [0.15, 0.2) is 0 Å². The Morgan fingerprint density at radius 3 is 2.88 bits per heavy atom. The van der Waals surface area contributed by atoms with E-state index in [9.17, 15) is 0 Å².